The van der Waals surface area contributed by atoms with Crippen molar-refractivity contribution in [2.24, 2.45) is 5.92 Å². The average Bonchev–Trinajstić information content (AvgIpc) is 4.41. The number of fused-ring (bicyclic) bond motifs is 2. The van der Waals surface area contributed by atoms with Crippen LogP contribution in [-0.2, 0) is 29.0 Å². The molecular weight excluding hydrogens is 1010 g/mol. The maximum atomic E-state index is 13.5. The standard InChI is InChI=1S/C35H36FN7O2S.C23H25FN6S/c1-3-29-33(39(2)35-38-30(23-46-35)25-9-11-27(36)12-10-25)43-22-28(13-14-31(43)37-29)40-15-17-41(18-16-40)34(45)26-19-32(44)42(21-26)20-24-7-5-4-6-8-24;1-3-19-22(28(2)23-27-20(15-31-23)16-4-6-17(24)7-5-16)30-14-18(8-9-21(30)26-19)29-12-10-25-11-13-29/h4-14,22-23,26H,3,15-21H2,1-2H3;4-9,14-15,25H,3,10-13H2,1-2H3. The molecule has 1 atom stereocenters. The predicted octanol–water partition coefficient (Wildman–Crippen LogP) is 9.96. The number of pyridine rings is 2. The zero-order chi connectivity index (χ0) is 53.2. The van der Waals surface area contributed by atoms with Crippen molar-refractivity contribution in [2.75, 3.05) is 92.6 Å². The fourth-order valence-corrected chi connectivity index (χ4v) is 12.1. The molecule has 3 fully saturated rings. The molecule has 0 bridgehead atoms. The van der Waals surface area contributed by atoms with Crippen LogP contribution in [0.25, 0.3) is 33.8 Å². The Morgan fingerprint density at radius 3 is 1.62 bits per heavy atom. The highest BCUT2D eigenvalue weighted by Gasteiger charge is 2.37. The molecule has 0 radical (unpaired) electrons. The Hall–Kier alpha value is -7.74. The number of anilines is 6. The summed E-state index contributed by atoms with van der Waals surface area (Å²) in [6.07, 6.45) is 6.19. The number of thiazole rings is 2. The van der Waals surface area contributed by atoms with Crippen molar-refractivity contribution >= 4 is 79.1 Å². The third-order valence-electron chi connectivity index (χ3n) is 14.7. The number of nitrogens with one attached hydrogen (secondary N) is 1. The zero-order valence-corrected chi connectivity index (χ0v) is 45.3. The van der Waals surface area contributed by atoms with Gasteiger partial charge in [0.15, 0.2) is 10.3 Å². The molecule has 12 rings (SSSR count). The SMILES string of the molecule is CCc1nc2ccc(N3CCN(C(=O)C4CC(=O)N(Cc5ccccc5)C4)CC3)cn2c1N(C)c1nc(-c2ccc(F)cc2)cs1.CCc1nc2ccc(N3CCNCC3)cn2c1N(C)c1nc(-c2ccc(F)cc2)cs1. The predicted molar refractivity (Wildman–Crippen MR) is 304 cm³/mol. The molecule has 0 spiro atoms. The van der Waals surface area contributed by atoms with Gasteiger partial charge in [-0.25, -0.2) is 28.7 Å². The van der Waals surface area contributed by atoms with Crippen LogP contribution in [0, 0.1) is 17.6 Å². The molecule has 0 aliphatic carbocycles. The molecule has 3 aliphatic rings. The first-order chi connectivity index (χ1) is 37.5. The molecule has 77 heavy (non-hydrogen) atoms. The van der Waals surface area contributed by atoms with E-state index in [-0.39, 0.29) is 35.8 Å². The van der Waals surface area contributed by atoms with E-state index in [1.54, 1.807) is 35.6 Å². The van der Waals surface area contributed by atoms with E-state index in [0.29, 0.717) is 39.3 Å². The normalized spacial score (nSPS) is 15.9. The lowest BCUT2D eigenvalue weighted by atomic mass is 10.1. The summed E-state index contributed by atoms with van der Waals surface area (Å²) >= 11 is 3.11. The first-order valence-electron chi connectivity index (χ1n) is 26.2. The summed E-state index contributed by atoms with van der Waals surface area (Å²) in [4.78, 5) is 58.2. The van der Waals surface area contributed by atoms with Crippen molar-refractivity contribution in [2.45, 2.75) is 39.7 Å². The van der Waals surface area contributed by atoms with Gasteiger partial charge in [-0.3, -0.25) is 18.4 Å². The van der Waals surface area contributed by atoms with Gasteiger partial charge >= 0.3 is 0 Å². The minimum Gasteiger partial charge on any atom is -0.368 e. The summed E-state index contributed by atoms with van der Waals surface area (Å²) in [5, 5.41) is 9.11. The molecule has 1 unspecified atom stereocenters. The number of benzene rings is 3. The Bertz CT molecular complexity index is 3510. The van der Waals surface area contributed by atoms with E-state index in [9.17, 15) is 18.4 Å². The van der Waals surface area contributed by atoms with Gasteiger partial charge in [-0.05, 0) is 91.2 Å². The molecule has 3 saturated heterocycles. The number of amides is 2. The highest BCUT2D eigenvalue weighted by atomic mass is 32.1. The van der Waals surface area contributed by atoms with E-state index in [0.717, 1.165) is 117 Å². The van der Waals surface area contributed by atoms with Gasteiger partial charge in [0, 0.05) is 120 Å². The van der Waals surface area contributed by atoms with Crippen molar-refractivity contribution in [3.8, 4) is 22.5 Å². The van der Waals surface area contributed by atoms with E-state index in [2.05, 4.69) is 78.2 Å². The lowest BCUT2D eigenvalue weighted by Crippen LogP contribution is -2.50. The van der Waals surface area contributed by atoms with Gasteiger partial charge in [-0.2, -0.15) is 0 Å². The summed E-state index contributed by atoms with van der Waals surface area (Å²) in [7, 11) is 4.04. The van der Waals surface area contributed by atoms with Gasteiger partial charge in [0.2, 0.25) is 11.8 Å². The zero-order valence-electron chi connectivity index (χ0n) is 43.6. The Labute approximate surface area is 454 Å². The van der Waals surface area contributed by atoms with Crippen molar-refractivity contribution < 1.29 is 18.4 Å². The maximum Gasteiger partial charge on any atom is 0.228 e. The number of carbonyl (C=O) groups is 2. The van der Waals surface area contributed by atoms with Crippen LogP contribution in [-0.4, -0.2) is 123 Å². The summed E-state index contributed by atoms with van der Waals surface area (Å²) in [5.41, 5.74) is 10.6. The number of imidazole rings is 2. The van der Waals surface area contributed by atoms with E-state index >= 15 is 0 Å². The quantitative estimate of drug-likeness (QED) is 0.119. The molecule has 3 aliphatic heterocycles. The Morgan fingerprint density at radius 2 is 1.13 bits per heavy atom. The van der Waals surface area contributed by atoms with Crippen LogP contribution >= 0.6 is 22.7 Å². The minimum atomic E-state index is -0.287. The van der Waals surface area contributed by atoms with E-state index < -0.39 is 0 Å². The third kappa shape index (κ3) is 10.8. The topological polar surface area (TPSA) is 126 Å². The monoisotopic (exact) mass is 1070 g/mol. The first-order valence-corrected chi connectivity index (χ1v) is 28.0. The van der Waals surface area contributed by atoms with Crippen molar-refractivity contribution in [1.82, 2.24) is 43.9 Å². The summed E-state index contributed by atoms with van der Waals surface area (Å²) in [6, 6.07) is 31.2. The van der Waals surface area contributed by atoms with Crippen LogP contribution in [0.5, 0.6) is 0 Å². The number of nitrogens with zero attached hydrogens (tertiary/aromatic N) is 12. The highest BCUT2D eigenvalue weighted by molar-refractivity contribution is 7.14. The second kappa shape index (κ2) is 22.5. The van der Waals surface area contributed by atoms with Crippen LogP contribution < -0.4 is 24.9 Å². The first kappa shape index (κ1) is 51.4. The number of carbonyl (C=O) groups excluding carboxylic acids is 2. The van der Waals surface area contributed by atoms with Crippen molar-refractivity contribution in [3.05, 3.63) is 155 Å². The van der Waals surface area contributed by atoms with E-state index in [4.69, 9.17) is 19.9 Å². The lowest BCUT2D eigenvalue weighted by molar-refractivity contribution is -0.136. The number of piperazine rings is 2. The molecule has 6 aromatic heterocycles. The molecule has 15 nitrogen and oxygen atoms in total. The van der Waals surface area contributed by atoms with Gasteiger partial charge in [0.25, 0.3) is 0 Å². The molecular formula is C58H61F2N13O2S2. The van der Waals surface area contributed by atoms with E-state index in [1.807, 2.05) is 71.1 Å². The van der Waals surface area contributed by atoms with E-state index in [1.165, 1.54) is 41.3 Å². The Balaban J connectivity index is 0.000000177. The smallest absolute Gasteiger partial charge is 0.228 e. The molecule has 2 amide bonds. The van der Waals surface area contributed by atoms with Crippen LogP contribution in [0.4, 0.5) is 42.1 Å². The van der Waals surface area contributed by atoms with Crippen LogP contribution in [0.1, 0.15) is 37.2 Å². The van der Waals surface area contributed by atoms with Crippen LogP contribution in [0.3, 0.4) is 0 Å². The Kier molecular flexibility index (Phi) is 15.0. The number of aryl methyl sites for hydroxylation is 2. The number of rotatable bonds is 13. The molecule has 19 heteroatoms. The second-order valence-electron chi connectivity index (χ2n) is 19.6. The van der Waals surface area contributed by atoms with Crippen LogP contribution in [0.15, 0.2) is 126 Å². The largest absolute Gasteiger partial charge is 0.368 e. The molecule has 0 saturated carbocycles. The van der Waals surface area contributed by atoms with Gasteiger partial charge in [0.1, 0.15) is 34.6 Å². The molecule has 3 aromatic carbocycles. The fraction of sp³-hybridized carbons (Fsp3) is 0.310. The second-order valence-corrected chi connectivity index (χ2v) is 21.2. The number of hydrogen-bond donors (Lipinski definition) is 1. The average molecular weight is 1070 g/mol. The third-order valence-corrected chi connectivity index (χ3v) is 16.5. The highest BCUT2D eigenvalue weighted by Crippen LogP contribution is 2.37. The molecule has 396 valence electrons. The summed E-state index contributed by atoms with van der Waals surface area (Å²) in [6.45, 7) is 11.9. The van der Waals surface area contributed by atoms with Crippen molar-refractivity contribution in [3.63, 3.8) is 0 Å². The number of hydrogen-bond acceptors (Lipinski definition) is 13. The van der Waals surface area contributed by atoms with Gasteiger partial charge in [0.05, 0.1) is 40.1 Å². The van der Waals surface area contributed by atoms with Crippen molar-refractivity contribution in [1.29, 1.82) is 0 Å². The molecule has 9 heterocycles. The Morgan fingerprint density at radius 1 is 0.636 bits per heavy atom. The number of likely N-dealkylation sites (tertiary alicyclic amines) is 1. The van der Waals surface area contributed by atoms with Gasteiger partial charge in [-0.1, -0.05) is 44.2 Å². The fourth-order valence-electron chi connectivity index (χ4n) is 10.5. The molecule has 1 N–H and O–H groups in total. The van der Waals surface area contributed by atoms with Gasteiger partial charge < -0.3 is 34.7 Å². The number of halogens is 2. The summed E-state index contributed by atoms with van der Waals surface area (Å²) < 4.78 is 31.0. The molecule has 9 aromatic rings. The van der Waals surface area contributed by atoms with Gasteiger partial charge in [-0.15, -0.1) is 22.7 Å². The maximum absolute atomic E-state index is 13.5. The van der Waals surface area contributed by atoms with Crippen LogP contribution in [0.2, 0.25) is 0 Å². The number of aromatic nitrogens is 6. The summed E-state index contributed by atoms with van der Waals surface area (Å²) in [5.74, 6) is 1.32. The lowest BCUT2D eigenvalue weighted by Gasteiger charge is -2.37. The minimum absolute atomic E-state index is 0.0473.